The molecule has 5 nitrogen and oxygen atoms in total. The van der Waals surface area contributed by atoms with Crippen molar-refractivity contribution in [3.63, 3.8) is 0 Å². The zero-order chi connectivity index (χ0) is 15.1. The number of nitrogens with one attached hydrogen (secondary N) is 1. The van der Waals surface area contributed by atoms with Crippen LogP contribution in [0.3, 0.4) is 0 Å². The Morgan fingerprint density at radius 3 is 2.67 bits per heavy atom. The number of benzene rings is 1. The number of hydrogen-bond donors (Lipinski definition) is 1. The van der Waals surface area contributed by atoms with Crippen LogP contribution in [0.4, 0.5) is 17.5 Å². The predicted octanol–water partition coefficient (Wildman–Crippen LogP) is 3.33. The summed E-state index contributed by atoms with van der Waals surface area (Å²) in [6, 6.07) is 11.2. The Hall–Kier alpha value is -2.61. The predicted molar refractivity (Wildman–Crippen MR) is 84.6 cm³/mol. The molecule has 1 N–H and O–H groups in total. The molecule has 0 amide bonds. The minimum atomic E-state index is 0.556. The first-order valence-corrected chi connectivity index (χ1v) is 7.04. The first-order valence-electron chi connectivity index (χ1n) is 7.04. The number of nitrogens with zero attached hydrogens (tertiary/aromatic N) is 4. The van der Waals surface area contributed by atoms with Crippen LogP contribution in [0.2, 0.25) is 0 Å². The zero-order valence-electron chi connectivity index (χ0n) is 12.4. The van der Waals surface area contributed by atoms with Crippen molar-refractivity contribution in [1.82, 2.24) is 9.97 Å². The van der Waals surface area contributed by atoms with E-state index < -0.39 is 0 Å². The maximum Gasteiger partial charge on any atom is 0.229 e. The third-order valence-electron chi connectivity index (χ3n) is 3.15. The van der Waals surface area contributed by atoms with Crippen LogP contribution in [0.5, 0.6) is 0 Å². The Morgan fingerprint density at radius 1 is 1.24 bits per heavy atom. The number of nitriles is 1. The molecule has 108 valence electrons. The van der Waals surface area contributed by atoms with E-state index in [4.69, 9.17) is 5.26 Å². The van der Waals surface area contributed by atoms with Gasteiger partial charge in [-0.05, 0) is 36.8 Å². The summed E-state index contributed by atoms with van der Waals surface area (Å²) in [7, 11) is 2.03. The van der Waals surface area contributed by atoms with Crippen LogP contribution < -0.4 is 10.2 Å². The molecular weight excluding hydrogens is 262 g/mol. The molecule has 0 bridgehead atoms. The van der Waals surface area contributed by atoms with Gasteiger partial charge in [-0.25, -0.2) is 4.98 Å². The fraction of sp³-hybridized carbons (Fsp3) is 0.312. The van der Waals surface area contributed by atoms with Gasteiger partial charge in [0.25, 0.3) is 0 Å². The molecule has 0 atom stereocenters. The van der Waals surface area contributed by atoms with Crippen molar-refractivity contribution in [3.05, 3.63) is 42.1 Å². The number of unbranched alkanes of at least 4 members (excludes halogenated alkanes) is 1. The van der Waals surface area contributed by atoms with Gasteiger partial charge in [-0.15, -0.1) is 0 Å². The van der Waals surface area contributed by atoms with E-state index in [2.05, 4.69) is 33.2 Å². The smallest absolute Gasteiger partial charge is 0.229 e. The third kappa shape index (κ3) is 4.18. The first-order chi connectivity index (χ1) is 10.2. The Bertz CT molecular complexity index is 615. The molecule has 0 unspecified atom stereocenters. The lowest BCUT2D eigenvalue weighted by atomic mass is 10.2. The lowest BCUT2D eigenvalue weighted by Crippen LogP contribution is -2.19. The molecule has 0 radical (unpaired) electrons. The van der Waals surface area contributed by atoms with Gasteiger partial charge >= 0.3 is 0 Å². The second-order valence-corrected chi connectivity index (χ2v) is 4.83. The summed E-state index contributed by atoms with van der Waals surface area (Å²) in [6.07, 6.45) is 4.04. The van der Waals surface area contributed by atoms with Gasteiger partial charge < -0.3 is 10.2 Å². The highest BCUT2D eigenvalue weighted by Gasteiger charge is 2.04. The van der Waals surface area contributed by atoms with Crippen molar-refractivity contribution >= 4 is 17.5 Å². The fourth-order valence-corrected chi connectivity index (χ4v) is 1.89. The molecule has 2 rings (SSSR count). The highest BCUT2D eigenvalue weighted by molar-refractivity contribution is 5.56. The van der Waals surface area contributed by atoms with Gasteiger partial charge in [-0.2, -0.15) is 10.2 Å². The molecule has 0 saturated carbocycles. The van der Waals surface area contributed by atoms with Crippen LogP contribution >= 0.6 is 0 Å². The molecule has 5 heteroatoms. The molecular formula is C16H19N5. The summed E-state index contributed by atoms with van der Waals surface area (Å²) in [4.78, 5) is 10.8. The van der Waals surface area contributed by atoms with E-state index in [0.29, 0.717) is 11.5 Å². The van der Waals surface area contributed by atoms with Gasteiger partial charge in [0, 0.05) is 25.5 Å². The van der Waals surface area contributed by atoms with Crippen molar-refractivity contribution in [1.29, 1.82) is 5.26 Å². The third-order valence-corrected chi connectivity index (χ3v) is 3.15. The quantitative estimate of drug-likeness (QED) is 0.879. The molecule has 0 spiro atoms. The minimum Gasteiger partial charge on any atom is -0.360 e. The molecule has 1 aromatic heterocycles. The first kappa shape index (κ1) is 14.8. The van der Waals surface area contributed by atoms with E-state index in [1.807, 2.05) is 25.2 Å². The van der Waals surface area contributed by atoms with E-state index in [-0.39, 0.29) is 0 Å². The van der Waals surface area contributed by atoms with Crippen LogP contribution in [0, 0.1) is 11.3 Å². The van der Waals surface area contributed by atoms with Gasteiger partial charge in [-0.1, -0.05) is 13.3 Å². The van der Waals surface area contributed by atoms with Crippen LogP contribution in [-0.2, 0) is 0 Å². The SMILES string of the molecule is CCCCN(C)c1ccnc(Nc2ccc(C#N)cc2)n1. The molecule has 2 aromatic rings. The lowest BCUT2D eigenvalue weighted by Gasteiger charge is -2.18. The highest BCUT2D eigenvalue weighted by atomic mass is 15.2. The monoisotopic (exact) mass is 281 g/mol. The van der Waals surface area contributed by atoms with Gasteiger partial charge in [0.1, 0.15) is 5.82 Å². The van der Waals surface area contributed by atoms with E-state index in [1.54, 1.807) is 18.3 Å². The molecule has 21 heavy (non-hydrogen) atoms. The Balaban J connectivity index is 2.08. The number of aromatic nitrogens is 2. The molecule has 0 saturated heterocycles. The van der Waals surface area contributed by atoms with Gasteiger partial charge in [0.05, 0.1) is 11.6 Å². The largest absolute Gasteiger partial charge is 0.360 e. The summed E-state index contributed by atoms with van der Waals surface area (Å²) >= 11 is 0. The van der Waals surface area contributed by atoms with Crippen molar-refractivity contribution in [2.75, 3.05) is 23.8 Å². The zero-order valence-corrected chi connectivity index (χ0v) is 12.4. The van der Waals surface area contributed by atoms with Crippen molar-refractivity contribution in [2.45, 2.75) is 19.8 Å². The molecule has 0 fully saturated rings. The van der Waals surface area contributed by atoms with Gasteiger partial charge in [0.2, 0.25) is 5.95 Å². The molecule has 0 aliphatic carbocycles. The van der Waals surface area contributed by atoms with Gasteiger partial charge in [-0.3, -0.25) is 0 Å². The molecule has 0 aliphatic rings. The van der Waals surface area contributed by atoms with Crippen molar-refractivity contribution < 1.29 is 0 Å². The maximum atomic E-state index is 8.79. The van der Waals surface area contributed by atoms with Crippen LogP contribution in [0.1, 0.15) is 25.3 Å². The maximum absolute atomic E-state index is 8.79. The summed E-state index contributed by atoms with van der Waals surface area (Å²) in [5.41, 5.74) is 1.50. The highest BCUT2D eigenvalue weighted by Crippen LogP contribution is 2.16. The average molecular weight is 281 g/mol. The Labute approximate surface area is 125 Å². The molecule has 1 heterocycles. The standard InChI is InChI=1S/C16H19N5/c1-3-4-11-21(2)15-9-10-18-16(20-15)19-14-7-5-13(12-17)6-8-14/h5-10H,3-4,11H2,1-2H3,(H,18,19,20). The summed E-state index contributed by atoms with van der Waals surface area (Å²) in [6.45, 7) is 3.15. The Kier molecular flexibility index (Phi) is 5.10. The van der Waals surface area contributed by atoms with Crippen LogP contribution in [-0.4, -0.2) is 23.6 Å². The summed E-state index contributed by atoms with van der Waals surface area (Å²) in [5.74, 6) is 1.45. The van der Waals surface area contributed by atoms with E-state index in [9.17, 15) is 0 Å². The van der Waals surface area contributed by atoms with E-state index in [1.165, 1.54) is 0 Å². The fourth-order valence-electron chi connectivity index (χ4n) is 1.89. The van der Waals surface area contributed by atoms with E-state index >= 15 is 0 Å². The topological polar surface area (TPSA) is 64.8 Å². The van der Waals surface area contributed by atoms with Crippen LogP contribution in [0.15, 0.2) is 36.5 Å². The number of rotatable bonds is 6. The molecule has 1 aromatic carbocycles. The Morgan fingerprint density at radius 2 is 2.00 bits per heavy atom. The normalized spacial score (nSPS) is 9.95. The van der Waals surface area contributed by atoms with Crippen LogP contribution in [0.25, 0.3) is 0 Å². The van der Waals surface area contributed by atoms with Crippen molar-refractivity contribution in [2.24, 2.45) is 0 Å². The summed E-state index contributed by atoms with van der Waals surface area (Å²) < 4.78 is 0. The average Bonchev–Trinajstić information content (AvgIpc) is 2.53. The minimum absolute atomic E-state index is 0.556. The second kappa shape index (κ2) is 7.25. The second-order valence-electron chi connectivity index (χ2n) is 4.83. The summed E-state index contributed by atoms with van der Waals surface area (Å²) in [5, 5.41) is 11.9. The number of hydrogen-bond acceptors (Lipinski definition) is 5. The van der Waals surface area contributed by atoms with E-state index in [0.717, 1.165) is 30.9 Å². The molecule has 0 aliphatic heterocycles. The number of anilines is 3. The lowest BCUT2D eigenvalue weighted by molar-refractivity contribution is 0.759. The van der Waals surface area contributed by atoms with Gasteiger partial charge in [0.15, 0.2) is 0 Å². The van der Waals surface area contributed by atoms with Crippen molar-refractivity contribution in [3.8, 4) is 6.07 Å².